The molecular formula is C14H11BrN4O2. The fourth-order valence-electron chi connectivity index (χ4n) is 1.84. The molecule has 1 unspecified atom stereocenters. The van der Waals surface area contributed by atoms with E-state index in [0.717, 1.165) is 10.0 Å². The lowest BCUT2D eigenvalue weighted by atomic mass is 10.1. The maximum Gasteiger partial charge on any atom is 0.305 e. The zero-order chi connectivity index (χ0) is 15.4. The summed E-state index contributed by atoms with van der Waals surface area (Å²) < 4.78 is 0.961. The van der Waals surface area contributed by atoms with Gasteiger partial charge in [0.1, 0.15) is 11.9 Å². The van der Waals surface area contributed by atoms with Crippen molar-refractivity contribution < 1.29 is 4.92 Å². The standard InChI is InChI=1S/C14H11BrN4O2/c1-9(10-3-2-4-11(15)7-10)17-14-6-5-13(19(20)21)12(8-16)18-14/h2-7,9H,1H3,(H,17,18). The number of halogens is 1. The largest absolute Gasteiger partial charge is 0.364 e. The second kappa shape index (κ2) is 6.33. The molecule has 0 radical (unpaired) electrons. The average Bonchev–Trinajstić information content (AvgIpc) is 2.46. The van der Waals surface area contributed by atoms with Crippen LogP contribution in [0.5, 0.6) is 0 Å². The van der Waals surface area contributed by atoms with Gasteiger partial charge < -0.3 is 5.32 Å². The van der Waals surface area contributed by atoms with Gasteiger partial charge >= 0.3 is 5.69 Å². The lowest BCUT2D eigenvalue weighted by Crippen LogP contribution is -2.09. The first kappa shape index (κ1) is 14.9. The van der Waals surface area contributed by atoms with Crippen molar-refractivity contribution in [2.45, 2.75) is 13.0 Å². The van der Waals surface area contributed by atoms with Crippen molar-refractivity contribution in [2.24, 2.45) is 0 Å². The first-order valence-electron chi connectivity index (χ1n) is 6.09. The summed E-state index contributed by atoms with van der Waals surface area (Å²) in [7, 11) is 0. The van der Waals surface area contributed by atoms with Gasteiger partial charge in [0.15, 0.2) is 0 Å². The molecule has 1 aromatic heterocycles. The van der Waals surface area contributed by atoms with Gasteiger partial charge in [-0.05, 0) is 30.7 Å². The quantitative estimate of drug-likeness (QED) is 0.671. The number of nitrogens with one attached hydrogen (secondary N) is 1. The van der Waals surface area contributed by atoms with Gasteiger partial charge in [-0.25, -0.2) is 4.98 Å². The molecule has 6 nitrogen and oxygen atoms in total. The molecule has 0 fully saturated rings. The lowest BCUT2D eigenvalue weighted by Gasteiger charge is -2.15. The van der Waals surface area contributed by atoms with Gasteiger partial charge in [-0.15, -0.1) is 0 Å². The SMILES string of the molecule is CC(Nc1ccc([N+](=O)[O-])c(C#N)n1)c1cccc(Br)c1. The third-order valence-corrected chi connectivity index (χ3v) is 3.38. The van der Waals surface area contributed by atoms with Gasteiger partial charge in [-0.3, -0.25) is 10.1 Å². The Labute approximate surface area is 129 Å². The predicted molar refractivity (Wildman–Crippen MR) is 81.8 cm³/mol. The van der Waals surface area contributed by atoms with Gasteiger partial charge in [-0.2, -0.15) is 5.26 Å². The molecular weight excluding hydrogens is 336 g/mol. The summed E-state index contributed by atoms with van der Waals surface area (Å²) in [6, 6.07) is 12.2. The maximum atomic E-state index is 10.8. The van der Waals surface area contributed by atoms with Crippen LogP contribution >= 0.6 is 15.9 Å². The summed E-state index contributed by atoms with van der Waals surface area (Å²) in [6.07, 6.45) is 0. The van der Waals surface area contributed by atoms with Crippen LogP contribution < -0.4 is 5.32 Å². The minimum absolute atomic E-state index is 0.0528. The van der Waals surface area contributed by atoms with Gasteiger partial charge in [0.25, 0.3) is 0 Å². The van der Waals surface area contributed by atoms with Crippen LogP contribution in [0.4, 0.5) is 11.5 Å². The zero-order valence-corrected chi connectivity index (χ0v) is 12.7. The summed E-state index contributed by atoms with van der Waals surface area (Å²) in [5, 5.41) is 22.8. The van der Waals surface area contributed by atoms with E-state index >= 15 is 0 Å². The van der Waals surface area contributed by atoms with Crippen molar-refractivity contribution in [3.63, 3.8) is 0 Å². The fraction of sp³-hybridized carbons (Fsp3) is 0.143. The van der Waals surface area contributed by atoms with E-state index < -0.39 is 4.92 Å². The number of anilines is 1. The minimum Gasteiger partial charge on any atom is -0.364 e. The van der Waals surface area contributed by atoms with Crippen LogP contribution in [-0.4, -0.2) is 9.91 Å². The van der Waals surface area contributed by atoms with Gasteiger partial charge in [0.05, 0.1) is 4.92 Å². The number of rotatable bonds is 4. The molecule has 2 aromatic rings. The molecule has 0 spiro atoms. The van der Waals surface area contributed by atoms with E-state index in [1.807, 2.05) is 31.2 Å². The number of nitro groups is 1. The summed E-state index contributed by atoms with van der Waals surface area (Å²) in [5.74, 6) is 0.421. The molecule has 0 aliphatic carbocycles. The second-order valence-electron chi connectivity index (χ2n) is 4.35. The number of hydrogen-bond acceptors (Lipinski definition) is 5. The molecule has 1 heterocycles. The Morgan fingerprint density at radius 3 is 2.81 bits per heavy atom. The molecule has 1 N–H and O–H groups in total. The molecule has 1 aromatic carbocycles. The summed E-state index contributed by atoms with van der Waals surface area (Å²) in [5.41, 5.74) is 0.535. The average molecular weight is 347 g/mol. The summed E-state index contributed by atoms with van der Waals surface area (Å²) >= 11 is 3.40. The fourth-order valence-corrected chi connectivity index (χ4v) is 2.26. The smallest absolute Gasteiger partial charge is 0.305 e. The van der Waals surface area contributed by atoms with Crippen molar-refractivity contribution in [1.29, 1.82) is 5.26 Å². The maximum absolute atomic E-state index is 10.8. The number of nitrogens with zero attached hydrogens (tertiary/aromatic N) is 3. The Kier molecular flexibility index (Phi) is 4.50. The van der Waals surface area contributed by atoms with Crippen molar-refractivity contribution >= 4 is 27.4 Å². The van der Waals surface area contributed by atoms with Crippen molar-refractivity contribution in [2.75, 3.05) is 5.32 Å². The third kappa shape index (κ3) is 3.55. The van der Waals surface area contributed by atoms with E-state index in [4.69, 9.17) is 5.26 Å². The van der Waals surface area contributed by atoms with E-state index in [1.54, 1.807) is 6.07 Å². The highest BCUT2D eigenvalue weighted by atomic mass is 79.9. The van der Waals surface area contributed by atoms with Crippen LogP contribution in [-0.2, 0) is 0 Å². The zero-order valence-electron chi connectivity index (χ0n) is 11.1. The van der Waals surface area contributed by atoms with E-state index in [1.165, 1.54) is 12.1 Å². The predicted octanol–water partition coefficient (Wildman–Crippen LogP) is 3.80. The molecule has 0 aliphatic rings. The number of benzene rings is 1. The highest BCUT2D eigenvalue weighted by Gasteiger charge is 2.16. The Hall–Kier alpha value is -2.46. The van der Waals surface area contributed by atoms with Crippen LogP contribution in [0.2, 0.25) is 0 Å². The molecule has 0 saturated carbocycles. The van der Waals surface area contributed by atoms with Crippen LogP contribution in [0, 0.1) is 21.4 Å². The minimum atomic E-state index is -0.618. The molecule has 0 amide bonds. The van der Waals surface area contributed by atoms with E-state index in [2.05, 4.69) is 26.2 Å². The molecule has 7 heteroatoms. The van der Waals surface area contributed by atoms with Gasteiger partial charge in [-0.1, -0.05) is 28.1 Å². The van der Waals surface area contributed by atoms with Crippen LogP contribution in [0.25, 0.3) is 0 Å². The number of hydrogen-bond donors (Lipinski definition) is 1. The molecule has 0 saturated heterocycles. The second-order valence-corrected chi connectivity index (χ2v) is 5.27. The third-order valence-electron chi connectivity index (χ3n) is 2.89. The summed E-state index contributed by atoms with van der Waals surface area (Å²) in [6.45, 7) is 1.94. The Morgan fingerprint density at radius 2 is 2.19 bits per heavy atom. The summed E-state index contributed by atoms with van der Waals surface area (Å²) in [4.78, 5) is 14.1. The Bertz CT molecular complexity index is 727. The highest BCUT2D eigenvalue weighted by Crippen LogP contribution is 2.23. The number of aromatic nitrogens is 1. The van der Waals surface area contributed by atoms with Crippen molar-refractivity contribution in [1.82, 2.24) is 4.98 Å². The number of pyridine rings is 1. The first-order valence-corrected chi connectivity index (χ1v) is 6.88. The van der Waals surface area contributed by atoms with E-state index in [9.17, 15) is 10.1 Å². The number of nitriles is 1. The monoisotopic (exact) mass is 346 g/mol. The van der Waals surface area contributed by atoms with Crippen LogP contribution in [0.3, 0.4) is 0 Å². The Balaban J connectivity index is 2.24. The molecule has 2 rings (SSSR count). The van der Waals surface area contributed by atoms with Gasteiger partial charge in [0.2, 0.25) is 5.69 Å². The lowest BCUT2D eigenvalue weighted by molar-refractivity contribution is -0.385. The highest BCUT2D eigenvalue weighted by molar-refractivity contribution is 9.10. The molecule has 21 heavy (non-hydrogen) atoms. The molecule has 106 valence electrons. The Morgan fingerprint density at radius 1 is 1.43 bits per heavy atom. The van der Waals surface area contributed by atoms with Crippen LogP contribution in [0.1, 0.15) is 24.2 Å². The van der Waals surface area contributed by atoms with Gasteiger partial charge in [0, 0.05) is 16.6 Å². The molecule has 1 atom stereocenters. The van der Waals surface area contributed by atoms with Crippen molar-refractivity contribution in [3.05, 3.63) is 62.2 Å². The van der Waals surface area contributed by atoms with Crippen molar-refractivity contribution in [3.8, 4) is 6.07 Å². The molecule has 0 bridgehead atoms. The molecule has 0 aliphatic heterocycles. The first-order chi connectivity index (χ1) is 10.0. The van der Waals surface area contributed by atoms with Crippen LogP contribution in [0.15, 0.2) is 40.9 Å². The van der Waals surface area contributed by atoms with E-state index in [-0.39, 0.29) is 17.4 Å². The topological polar surface area (TPSA) is 91.9 Å². The normalized spacial score (nSPS) is 11.5. The van der Waals surface area contributed by atoms with E-state index in [0.29, 0.717) is 5.82 Å².